The molecular formula is C16H22N2O3. The molecule has 2 rings (SSSR count). The summed E-state index contributed by atoms with van der Waals surface area (Å²) in [6, 6.07) is 5.27. The van der Waals surface area contributed by atoms with Crippen LogP contribution < -0.4 is 5.32 Å². The van der Waals surface area contributed by atoms with Gasteiger partial charge in [-0.05, 0) is 44.4 Å². The maximum atomic E-state index is 12.2. The third-order valence-electron chi connectivity index (χ3n) is 3.62. The molecule has 1 heterocycles. The van der Waals surface area contributed by atoms with E-state index < -0.39 is 5.97 Å². The predicted molar refractivity (Wildman–Crippen MR) is 80.3 cm³/mol. The number of fused-ring (bicyclic) bond motifs is 1. The van der Waals surface area contributed by atoms with E-state index in [0.717, 1.165) is 11.1 Å². The molecule has 21 heavy (non-hydrogen) atoms. The molecule has 0 aromatic heterocycles. The molecule has 5 nitrogen and oxygen atoms in total. The molecule has 1 aromatic carbocycles. The first-order valence-corrected chi connectivity index (χ1v) is 7.15. The normalized spacial score (nSPS) is 14.7. The molecule has 0 bridgehead atoms. The SMILES string of the molecule is CC(C)(C)NCC(=O)N1CCc2c(cccc2C(=O)O)C1. The average molecular weight is 290 g/mol. The maximum absolute atomic E-state index is 12.2. The highest BCUT2D eigenvalue weighted by Gasteiger charge is 2.24. The molecule has 0 spiro atoms. The zero-order valence-electron chi connectivity index (χ0n) is 12.8. The van der Waals surface area contributed by atoms with Crippen molar-refractivity contribution in [3.8, 4) is 0 Å². The molecule has 1 aliphatic heterocycles. The Bertz CT molecular complexity index is 561. The third kappa shape index (κ3) is 3.82. The van der Waals surface area contributed by atoms with Gasteiger partial charge in [0, 0.05) is 18.6 Å². The molecule has 5 heteroatoms. The van der Waals surface area contributed by atoms with Crippen LogP contribution >= 0.6 is 0 Å². The van der Waals surface area contributed by atoms with E-state index in [1.807, 2.05) is 26.8 Å². The second kappa shape index (κ2) is 5.85. The highest BCUT2D eigenvalue weighted by atomic mass is 16.4. The summed E-state index contributed by atoms with van der Waals surface area (Å²) in [6.45, 7) is 7.42. The maximum Gasteiger partial charge on any atom is 0.335 e. The van der Waals surface area contributed by atoms with E-state index in [9.17, 15) is 14.7 Å². The van der Waals surface area contributed by atoms with E-state index in [1.165, 1.54) is 0 Å². The van der Waals surface area contributed by atoms with E-state index in [4.69, 9.17) is 0 Å². The van der Waals surface area contributed by atoms with Crippen LogP contribution in [0.1, 0.15) is 42.3 Å². The van der Waals surface area contributed by atoms with Crippen LogP contribution in [-0.2, 0) is 17.8 Å². The van der Waals surface area contributed by atoms with Gasteiger partial charge in [-0.15, -0.1) is 0 Å². The second-order valence-corrected chi connectivity index (χ2v) is 6.42. The number of nitrogens with one attached hydrogen (secondary N) is 1. The Morgan fingerprint density at radius 3 is 2.67 bits per heavy atom. The lowest BCUT2D eigenvalue weighted by atomic mass is 9.94. The van der Waals surface area contributed by atoms with Gasteiger partial charge in [-0.1, -0.05) is 12.1 Å². The Hall–Kier alpha value is -1.88. The minimum absolute atomic E-state index is 0.0521. The Morgan fingerprint density at radius 2 is 2.05 bits per heavy atom. The molecule has 0 fully saturated rings. The van der Waals surface area contributed by atoms with E-state index >= 15 is 0 Å². The summed E-state index contributed by atoms with van der Waals surface area (Å²) in [7, 11) is 0. The first-order valence-electron chi connectivity index (χ1n) is 7.15. The molecule has 0 atom stereocenters. The van der Waals surface area contributed by atoms with Crippen molar-refractivity contribution in [3.63, 3.8) is 0 Å². The second-order valence-electron chi connectivity index (χ2n) is 6.42. The Balaban J connectivity index is 2.08. The van der Waals surface area contributed by atoms with Gasteiger partial charge in [0.15, 0.2) is 0 Å². The van der Waals surface area contributed by atoms with Crippen LogP contribution in [0.15, 0.2) is 18.2 Å². The van der Waals surface area contributed by atoms with Gasteiger partial charge in [-0.3, -0.25) is 4.79 Å². The fourth-order valence-corrected chi connectivity index (χ4v) is 2.48. The van der Waals surface area contributed by atoms with Crippen molar-refractivity contribution in [2.75, 3.05) is 13.1 Å². The Kier molecular flexibility index (Phi) is 4.32. The van der Waals surface area contributed by atoms with Crippen LogP contribution in [0.5, 0.6) is 0 Å². The largest absolute Gasteiger partial charge is 0.478 e. The third-order valence-corrected chi connectivity index (χ3v) is 3.62. The van der Waals surface area contributed by atoms with Gasteiger partial charge < -0.3 is 15.3 Å². The lowest BCUT2D eigenvalue weighted by molar-refractivity contribution is -0.131. The van der Waals surface area contributed by atoms with Crippen LogP contribution in [0.2, 0.25) is 0 Å². The molecule has 0 saturated carbocycles. The van der Waals surface area contributed by atoms with Crippen LogP contribution in [0, 0.1) is 0 Å². The van der Waals surface area contributed by atoms with Gasteiger partial charge >= 0.3 is 5.97 Å². The number of hydrogen-bond donors (Lipinski definition) is 2. The number of carboxylic acids is 1. The number of carbonyl (C=O) groups excluding carboxylic acids is 1. The number of hydrogen-bond acceptors (Lipinski definition) is 3. The predicted octanol–water partition coefficient (Wildman–Crippen LogP) is 1.66. The summed E-state index contributed by atoms with van der Waals surface area (Å²) in [6.07, 6.45) is 0.596. The first-order chi connectivity index (χ1) is 9.78. The minimum Gasteiger partial charge on any atom is -0.478 e. The smallest absolute Gasteiger partial charge is 0.335 e. The zero-order valence-corrected chi connectivity index (χ0v) is 12.8. The Labute approximate surface area is 125 Å². The number of nitrogens with zero attached hydrogens (tertiary/aromatic N) is 1. The van der Waals surface area contributed by atoms with Crippen LogP contribution in [0.4, 0.5) is 0 Å². The van der Waals surface area contributed by atoms with Gasteiger partial charge in [-0.2, -0.15) is 0 Å². The lowest BCUT2D eigenvalue weighted by Gasteiger charge is -2.31. The van der Waals surface area contributed by atoms with Crippen LogP contribution in [0.3, 0.4) is 0 Å². The van der Waals surface area contributed by atoms with Crippen molar-refractivity contribution in [2.45, 2.75) is 39.3 Å². The van der Waals surface area contributed by atoms with Crippen molar-refractivity contribution in [1.82, 2.24) is 10.2 Å². The molecule has 0 aliphatic carbocycles. The zero-order chi connectivity index (χ0) is 15.6. The average Bonchev–Trinajstić information content (AvgIpc) is 2.42. The highest BCUT2D eigenvalue weighted by Crippen LogP contribution is 2.22. The number of aromatic carboxylic acids is 1. The topological polar surface area (TPSA) is 69.6 Å². The highest BCUT2D eigenvalue weighted by molar-refractivity contribution is 5.90. The van der Waals surface area contributed by atoms with Crippen LogP contribution in [0.25, 0.3) is 0 Å². The molecule has 0 radical (unpaired) electrons. The quantitative estimate of drug-likeness (QED) is 0.888. The van der Waals surface area contributed by atoms with Crippen LogP contribution in [-0.4, -0.2) is 40.5 Å². The number of carbonyl (C=O) groups is 2. The molecule has 1 aliphatic rings. The first kappa shape index (κ1) is 15.5. The van der Waals surface area contributed by atoms with Gasteiger partial charge in [-0.25, -0.2) is 4.79 Å². The lowest BCUT2D eigenvalue weighted by Crippen LogP contribution is -2.46. The van der Waals surface area contributed by atoms with Crippen molar-refractivity contribution >= 4 is 11.9 Å². The van der Waals surface area contributed by atoms with E-state index in [2.05, 4.69) is 5.32 Å². The number of carboxylic acid groups (broad SMARTS) is 1. The fraction of sp³-hybridized carbons (Fsp3) is 0.500. The molecule has 1 amide bonds. The summed E-state index contributed by atoms with van der Waals surface area (Å²) < 4.78 is 0. The van der Waals surface area contributed by atoms with Crippen molar-refractivity contribution < 1.29 is 14.7 Å². The summed E-state index contributed by atoms with van der Waals surface area (Å²) >= 11 is 0. The minimum atomic E-state index is -0.902. The van der Waals surface area contributed by atoms with Gasteiger partial charge in [0.2, 0.25) is 5.91 Å². The monoisotopic (exact) mass is 290 g/mol. The molecule has 0 unspecified atom stereocenters. The molecule has 114 valence electrons. The molecule has 2 N–H and O–H groups in total. The number of amides is 1. The van der Waals surface area contributed by atoms with Gasteiger partial charge in [0.1, 0.15) is 0 Å². The van der Waals surface area contributed by atoms with E-state index in [0.29, 0.717) is 31.6 Å². The van der Waals surface area contributed by atoms with E-state index in [-0.39, 0.29) is 11.4 Å². The van der Waals surface area contributed by atoms with Crippen molar-refractivity contribution in [2.24, 2.45) is 0 Å². The van der Waals surface area contributed by atoms with Crippen molar-refractivity contribution in [1.29, 1.82) is 0 Å². The van der Waals surface area contributed by atoms with E-state index in [1.54, 1.807) is 17.0 Å². The number of benzene rings is 1. The molecule has 0 saturated heterocycles. The van der Waals surface area contributed by atoms with Crippen molar-refractivity contribution in [3.05, 3.63) is 34.9 Å². The Morgan fingerprint density at radius 1 is 1.33 bits per heavy atom. The van der Waals surface area contributed by atoms with Gasteiger partial charge in [0.05, 0.1) is 12.1 Å². The fourth-order valence-electron chi connectivity index (χ4n) is 2.48. The molecular weight excluding hydrogens is 268 g/mol. The van der Waals surface area contributed by atoms with Gasteiger partial charge in [0.25, 0.3) is 0 Å². The summed E-state index contributed by atoms with van der Waals surface area (Å²) in [4.78, 5) is 25.2. The number of rotatable bonds is 3. The molecule has 1 aromatic rings. The summed E-state index contributed by atoms with van der Waals surface area (Å²) in [5.41, 5.74) is 2.05. The summed E-state index contributed by atoms with van der Waals surface area (Å²) in [5, 5.41) is 12.4. The summed E-state index contributed by atoms with van der Waals surface area (Å²) in [5.74, 6) is -0.850. The standard InChI is InChI=1S/C16H22N2O3/c1-16(2,3)17-9-14(19)18-8-7-12-11(10-18)5-4-6-13(12)15(20)21/h4-6,17H,7-10H2,1-3H3,(H,20,21).